The molecule has 0 spiro atoms. The van der Waals surface area contributed by atoms with Crippen LogP contribution in [0.5, 0.6) is 0 Å². The van der Waals surface area contributed by atoms with Crippen molar-refractivity contribution in [1.29, 1.82) is 0 Å². The molecule has 21 heavy (non-hydrogen) atoms. The van der Waals surface area contributed by atoms with Gasteiger partial charge in [-0.1, -0.05) is 34.6 Å². The van der Waals surface area contributed by atoms with Crippen LogP contribution in [0.25, 0.3) is 11.3 Å². The highest BCUT2D eigenvalue weighted by molar-refractivity contribution is 5.65. The van der Waals surface area contributed by atoms with Crippen LogP contribution in [0.2, 0.25) is 0 Å². The van der Waals surface area contributed by atoms with Crippen LogP contribution in [-0.2, 0) is 5.41 Å². The lowest BCUT2D eigenvalue weighted by molar-refractivity contribution is 0.589. The Hall–Kier alpha value is -1.70. The van der Waals surface area contributed by atoms with Gasteiger partial charge in [0.05, 0.1) is 5.69 Å². The zero-order valence-electron chi connectivity index (χ0n) is 13.6. The number of nitrogens with zero attached hydrogens (tertiary/aromatic N) is 1. The van der Waals surface area contributed by atoms with E-state index in [4.69, 9.17) is 0 Å². The van der Waals surface area contributed by atoms with Crippen LogP contribution in [0.1, 0.15) is 58.1 Å². The van der Waals surface area contributed by atoms with Crippen LogP contribution in [0.15, 0.2) is 36.5 Å². The molecule has 0 aliphatic rings. The fraction of sp³-hybridized carbons (Fsp3) is 0.421. The molecule has 0 N–H and O–H groups in total. The van der Waals surface area contributed by atoms with E-state index in [0.29, 0.717) is 5.92 Å². The number of hydrogen-bond acceptors (Lipinski definition) is 1. The van der Waals surface area contributed by atoms with E-state index >= 15 is 0 Å². The molecule has 0 fully saturated rings. The van der Waals surface area contributed by atoms with Crippen molar-refractivity contribution < 1.29 is 4.39 Å². The third-order valence-corrected chi connectivity index (χ3v) is 4.06. The van der Waals surface area contributed by atoms with Crippen molar-refractivity contribution in [2.24, 2.45) is 0 Å². The van der Waals surface area contributed by atoms with Gasteiger partial charge in [-0.15, -0.1) is 0 Å². The number of aromatic nitrogens is 1. The molecule has 0 unspecified atom stereocenters. The van der Waals surface area contributed by atoms with E-state index in [9.17, 15) is 4.39 Å². The molecule has 0 amide bonds. The van der Waals surface area contributed by atoms with Crippen molar-refractivity contribution in [3.05, 3.63) is 53.5 Å². The van der Waals surface area contributed by atoms with E-state index in [2.05, 4.69) is 51.7 Å². The van der Waals surface area contributed by atoms with Gasteiger partial charge >= 0.3 is 0 Å². The number of pyridine rings is 1. The van der Waals surface area contributed by atoms with E-state index in [1.807, 2.05) is 12.3 Å². The number of hydrogen-bond donors (Lipinski definition) is 0. The minimum absolute atomic E-state index is 0.0776. The summed E-state index contributed by atoms with van der Waals surface area (Å²) in [6, 6.07) is 9.20. The summed E-state index contributed by atoms with van der Waals surface area (Å²) in [4.78, 5) is 4.51. The van der Waals surface area contributed by atoms with Crippen molar-refractivity contribution in [3.63, 3.8) is 0 Å². The highest BCUT2D eigenvalue weighted by Gasteiger charge is 2.17. The van der Waals surface area contributed by atoms with E-state index in [1.165, 1.54) is 11.6 Å². The average Bonchev–Trinajstić information content (AvgIpc) is 2.45. The molecule has 1 nitrogen and oxygen atoms in total. The van der Waals surface area contributed by atoms with Crippen molar-refractivity contribution in [2.45, 2.75) is 52.4 Å². The lowest BCUT2D eigenvalue weighted by Gasteiger charge is -2.20. The molecule has 2 heteroatoms. The lowest BCUT2D eigenvalue weighted by Crippen LogP contribution is -2.11. The number of benzene rings is 1. The maximum Gasteiger partial charge on any atom is 0.123 e. The molecule has 112 valence electrons. The van der Waals surface area contributed by atoms with Crippen LogP contribution in [-0.4, -0.2) is 4.98 Å². The summed E-state index contributed by atoms with van der Waals surface area (Å²) in [6.07, 6.45) is 2.83. The number of halogens is 1. The van der Waals surface area contributed by atoms with E-state index in [1.54, 1.807) is 6.07 Å². The second kappa shape index (κ2) is 5.97. The van der Waals surface area contributed by atoms with E-state index in [-0.39, 0.29) is 11.2 Å². The standard InChI is InChI=1S/C19H24FN/c1-6-13(2)17-12-15(20)7-8-16(17)18-11-14(9-10-21-18)19(3,4)5/h7-13H,6H2,1-5H3/t13-/m0/s1. The molecular formula is C19H24FN. The van der Waals surface area contributed by atoms with Crippen LogP contribution in [0, 0.1) is 5.82 Å². The van der Waals surface area contributed by atoms with Crippen LogP contribution >= 0.6 is 0 Å². The predicted molar refractivity (Wildman–Crippen MR) is 87.0 cm³/mol. The first-order chi connectivity index (χ1) is 9.82. The molecule has 0 aliphatic carbocycles. The first kappa shape index (κ1) is 15.7. The lowest BCUT2D eigenvalue weighted by atomic mass is 9.85. The molecule has 0 aliphatic heterocycles. The Labute approximate surface area is 127 Å². The summed E-state index contributed by atoms with van der Waals surface area (Å²) in [5.41, 5.74) is 4.33. The minimum atomic E-state index is -0.180. The quantitative estimate of drug-likeness (QED) is 0.705. The molecule has 2 rings (SSSR count). The van der Waals surface area contributed by atoms with Crippen molar-refractivity contribution in [2.75, 3.05) is 0 Å². The normalized spacial score (nSPS) is 13.2. The van der Waals surface area contributed by atoms with Crippen LogP contribution in [0.4, 0.5) is 4.39 Å². The van der Waals surface area contributed by atoms with E-state index in [0.717, 1.165) is 23.2 Å². The van der Waals surface area contributed by atoms with Gasteiger partial charge in [0.2, 0.25) is 0 Å². The molecule has 1 aromatic carbocycles. The smallest absolute Gasteiger partial charge is 0.123 e. The van der Waals surface area contributed by atoms with E-state index < -0.39 is 0 Å². The van der Waals surface area contributed by atoms with Crippen molar-refractivity contribution in [3.8, 4) is 11.3 Å². The number of rotatable bonds is 3. The van der Waals surface area contributed by atoms with Gasteiger partial charge in [0.15, 0.2) is 0 Å². The maximum absolute atomic E-state index is 13.6. The average molecular weight is 285 g/mol. The van der Waals surface area contributed by atoms with Gasteiger partial charge in [-0.05, 0) is 59.2 Å². The first-order valence-electron chi connectivity index (χ1n) is 7.59. The van der Waals surface area contributed by atoms with Crippen molar-refractivity contribution in [1.82, 2.24) is 4.98 Å². The third-order valence-electron chi connectivity index (χ3n) is 4.06. The van der Waals surface area contributed by atoms with Gasteiger partial charge in [-0.25, -0.2) is 4.39 Å². The zero-order valence-corrected chi connectivity index (χ0v) is 13.6. The zero-order chi connectivity index (χ0) is 15.6. The Bertz CT molecular complexity index is 626. The molecular weight excluding hydrogens is 261 g/mol. The molecule has 0 saturated heterocycles. The molecule has 1 atom stereocenters. The van der Waals surface area contributed by atoms with Crippen molar-refractivity contribution >= 4 is 0 Å². The minimum Gasteiger partial charge on any atom is -0.256 e. The summed E-state index contributed by atoms with van der Waals surface area (Å²) in [5, 5.41) is 0. The topological polar surface area (TPSA) is 12.9 Å². The molecule has 1 aromatic heterocycles. The molecule has 1 heterocycles. The summed E-state index contributed by atoms with van der Waals surface area (Å²) in [6.45, 7) is 10.8. The molecule has 0 saturated carbocycles. The second-order valence-electron chi connectivity index (χ2n) is 6.72. The van der Waals surface area contributed by atoms with Gasteiger partial charge in [0.1, 0.15) is 5.82 Å². The third kappa shape index (κ3) is 3.49. The second-order valence-corrected chi connectivity index (χ2v) is 6.72. The fourth-order valence-corrected chi connectivity index (χ4v) is 2.44. The largest absolute Gasteiger partial charge is 0.256 e. The Morgan fingerprint density at radius 2 is 1.86 bits per heavy atom. The van der Waals surface area contributed by atoms with Gasteiger partial charge < -0.3 is 0 Å². The summed E-state index contributed by atoms with van der Waals surface area (Å²) >= 11 is 0. The Balaban J connectivity index is 2.57. The fourth-order valence-electron chi connectivity index (χ4n) is 2.44. The monoisotopic (exact) mass is 285 g/mol. The Kier molecular flexibility index (Phi) is 4.46. The molecule has 0 radical (unpaired) electrons. The predicted octanol–water partition coefficient (Wildman–Crippen LogP) is 5.70. The van der Waals surface area contributed by atoms with Gasteiger partial charge in [-0.2, -0.15) is 0 Å². The Morgan fingerprint density at radius 3 is 2.48 bits per heavy atom. The SMILES string of the molecule is CC[C@H](C)c1cc(F)ccc1-c1cc(C(C)(C)C)ccn1. The highest BCUT2D eigenvalue weighted by Crippen LogP contribution is 2.32. The van der Waals surface area contributed by atoms with Gasteiger partial charge in [0, 0.05) is 11.8 Å². The Morgan fingerprint density at radius 1 is 1.14 bits per heavy atom. The summed E-state index contributed by atoms with van der Waals surface area (Å²) in [5.74, 6) is 0.136. The molecule has 0 bridgehead atoms. The summed E-state index contributed by atoms with van der Waals surface area (Å²) in [7, 11) is 0. The first-order valence-corrected chi connectivity index (χ1v) is 7.59. The maximum atomic E-state index is 13.6. The van der Waals surface area contributed by atoms with Gasteiger partial charge in [0.25, 0.3) is 0 Å². The van der Waals surface area contributed by atoms with Crippen LogP contribution < -0.4 is 0 Å². The summed E-state index contributed by atoms with van der Waals surface area (Å²) < 4.78 is 13.6. The van der Waals surface area contributed by atoms with Gasteiger partial charge in [-0.3, -0.25) is 4.98 Å². The highest BCUT2D eigenvalue weighted by atomic mass is 19.1. The molecule has 2 aromatic rings. The van der Waals surface area contributed by atoms with Crippen LogP contribution in [0.3, 0.4) is 0 Å².